The molecule has 2 amide bonds. The molecule has 0 radical (unpaired) electrons. The van der Waals surface area contributed by atoms with Gasteiger partial charge in [0.1, 0.15) is 11.5 Å². The highest BCUT2D eigenvalue weighted by molar-refractivity contribution is 5.91. The molecule has 2 N–H and O–H groups in total. The molecule has 0 atom stereocenters. The zero-order valence-corrected chi connectivity index (χ0v) is 21.1. The third kappa shape index (κ3) is 11.3. The second-order valence-electron chi connectivity index (χ2n) is 8.29. The van der Waals surface area contributed by atoms with Crippen molar-refractivity contribution in [2.75, 3.05) is 23.8 Å². The molecule has 0 spiro atoms. The summed E-state index contributed by atoms with van der Waals surface area (Å²) in [4.78, 5) is 46.7. The third-order valence-corrected chi connectivity index (χ3v) is 4.77. The molecule has 0 unspecified atom stereocenters. The van der Waals surface area contributed by atoms with Crippen LogP contribution in [0.15, 0.2) is 72.8 Å². The second-order valence-corrected chi connectivity index (χ2v) is 8.29. The molecule has 37 heavy (non-hydrogen) atoms. The first kappa shape index (κ1) is 28.8. The Kier molecular flexibility index (Phi) is 11.6. The van der Waals surface area contributed by atoms with Crippen LogP contribution in [0.2, 0.25) is 0 Å². The Labute approximate surface area is 216 Å². The Hall–Kier alpha value is -4.40. The molecule has 0 saturated heterocycles. The standard InChI is InChI=1S/C28H32N2O7/c1-19(2)27(33)35-17-5-7-25(31)29-21-9-13-23(14-10-21)37-24-15-11-22(12-16-24)30-26(32)8-6-18-36-28(34)20(3)4/h9-16H,1,3,5-8,17-18H2,2,4H3,(H,29,31)(H,30,32). The van der Waals surface area contributed by atoms with E-state index in [0.29, 0.717) is 46.9 Å². The minimum Gasteiger partial charge on any atom is -0.462 e. The van der Waals surface area contributed by atoms with Crippen molar-refractivity contribution in [3.63, 3.8) is 0 Å². The highest BCUT2D eigenvalue weighted by atomic mass is 16.5. The van der Waals surface area contributed by atoms with Crippen molar-refractivity contribution in [3.05, 3.63) is 72.8 Å². The van der Waals surface area contributed by atoms with Crippen molar-refractivity contribution in [3.8, 4) is 11.5 Å². The monoisotopic (exact) mass is 508 g/mol. The topological polar surface area (TPSA) is 120 Å². The highest BCUT2D eigenvalue weighted by Crippen LogP contribution is 2.24. The number of carbonyl (C=O) groups excluding carboxylic acids is 4. The maximum atomic E-state index is 12.0. The Balaban J connectivity index is 1.71. The van der Waals surface area contributed by atoms with Crippen LogP contribution in [0.1, 0.15) is 39.5 Å². The van der Waals surface area contributed by atoms with Crippen molar-refractivity contribution >= 4 is 35.1 Å². The SMILES string of the molecule is C=C(C)C(=O)OCCCC(=O)Nc1ccc(Oc2ccc(NC(=O)CCCOC(=O)C(=C)C)cc2)cc1. The van der Waals surface area contributed by atoms with Crippen LogP contribution < -0.4 is 15.4 Å². The highest BCUT2D eigenvalue weighted by Gasteiger charge is 2.08. The molecule has 0 aliphatic heterocycles. The van der Waals surface area contributed by atoms with E-state index in [1.54, 1.807) is 62.4 Å². The smallest absolute Gasteiger partial charge is 0.333 e. The molecule has 9 heteroatoms. The van der Waals surface area contributed by atoms with Crippen LogP contribution in [0.4, 0.5) is 11.4 Å². The van der Waals surface area contributed by atoms with Crippen LogP contribution in [-0.4, -0.2) is 37.0 Å². The van der Waals surface area contributed by atoms with Crippen LogP contribution in [0.25, 0.3) is 0 Å². The molecule has 2 aromatic rings. The minimum absolute atomic E-state index is 0.154. The fourth-order valence-electron chi connectivity index (χ4n) is 2.84. The second kappa shape index (κ2) is 14.9. The number of anilines is 2. The van der Waals surface area contributed by atoms with Gasteiger partial charge in [-0.1, -0.05) is 13.2 Å². The summed E-state index contributed by atoms with van der Waals surface area (Å²) in [5.74, 6) is -0.162. The molecule has 0 aliphatic rings. The van der Waals surface area contributed by atoms with E-state index in [-0.39, 0.29) is 37.9 Å². The van der Waals surface area contributed by atoms with Crippen molar-refractivity contribution in [1.82, 2.24) is 0 Å². The number of ether oxygens (including phenoxy) is 3. The van der Waals surface area contributed by atoms with E-state index in [9.17, 15) is 19.2 Å². The maximum Gasteiger partial charge on any atom is 0.333 e. The van der Waals surface area contributed by atoms with Gasteiger partial charge in [-0.2, -0.15) is 0 Å². The van der Waals surface area contributed by atoms with Gasteiger partial charge in [0.15, 0.2) is 0 Å². The average molecular weight is 509 g/mol. The quantitative estimate of drug-likeness (QED) is 0.206. The molecular weight excluding hydrogens is 476 g/mol. The van der Waals surface area contributed by atoms with E-state index in [0.717, 1.165) is 0 Å². The van der Waals surface area contributed by atoms with Crippen molar-refractivity contribution in [1.29, 1.82) is 0 Å². The normalized spacial score (nSPS) is 10.1. The predicted molar refractivity (Wildman–Crippen MR) is 140 cm³/mol. The lowest BCUT2D eigenvalue weighted by Gasteiger charge is -2.10. The van der Waals surface area contributed by atoms with Gasteiger partial charge in [-0.25, -0.2) is 9.59 Å². The summed E-state index contributed by atoms with van der Waals surface area (Å²) in [7, 11) is 0. The summed E-state index contributed by atoms with van der Waals surface area (Å²) in [5.41, 5.74) is 1.87. The third-order valence-electron chi connectivity index (χ3n) is 4.77. The van der Waals surface area contributed by atoms with E-state index in [1.165, 1.54) is 0 Å². The Morgan fingerprint density at radius 1 is 0.649 bits per heavy atom. The van der Waals surface area contributed by atoms with E-state index < -0.39 is 11.9 Å². The minimum atomic E-state index is -0.467. The lowest BCUT2D eigenvalue weighted by Crippen LogP contribution is -2.13. The Morgan fingerprint density at radius 2 is 1.00 bits per heavy atom. The van der Waals surface area contributed by atoms with Crippen molar-refractivity contribution in [2.24, 2.45) is 0 Å². The maximum absolute atomic E-state index is 12.0. The molecule has 2 aromatic carbocycles. The van der Waals surface area contributed by atoms with Gasteiger partial charge in [0.2, 0.25) is 11.8 Å². The lowest BCUT2D eigenvalue weighted by molar-refractivity contribution is -0.140. The van der Waals surface area contributed by atoms with Crippen LogP contribution >= 0.6 is 0 Å². The Morgan fingerprint density at radius 3 is 1.32 bits per heavy atom. The fraction of sp³-hybridized carbons (Fsp3) is 0.286. The van der Waals surface area contributed by atoms with Gasteiger partial charge >= 0.3 is 11.9 Å². The molecule has 0 heterocycles. The van der Waals surface area contributed by atoms with E-state index in [4.69, 9.17) is 14.2 Å². The first-order valence-corrected chi connectivity index (χ1v) is 11.8. The summed E-state index contributed by atoms with van der Waals surface area (Å²) in [5, 5.41) is 5.55. The summed E-state index contributed by atoms with van der Waals surface area (Å²) in [6.07, 6.45) is 1.25. The largest absolute Gasteiger partial charge is 0.462 e. The van der Waals surface area contributed by atoms with E-state index in [2.05, 4.69) is 23.8 Å². The molecule has 0 bridgehead atoms. The fourth-order valence-corrected chi connectivity index (χ4v) is 2.84. The number of carbonyl (C=O) groups is 4. The number of benzene rings is 2. The molecule has 0 fully saturated rings. The zero-order chi connectivity index (χ0) is 27.2. The van der Waals surface area contributed by atoms with Gasteiger partial charge in [0, 0.05) is 35.4 Å². The first-order chi connectivity index (χ1) is 17.6. The van der Waals surface area contributed by atoms with E-state index >= 15 is 0 Å². The van der Waals surface area contributed by atoms with Crippen molar-refractivity contribution < 1.29 is 33.4 Å². The van der Waals surface area contributed by atoms with Gasteiger partial charge < -0.3 is 24.8 Å². The molecule has 0 saturated carbocycles. The van der Waals surface area contributed by atoms with Gasteiger partial charge in [-0.15, -0.1) is 0 Å². The van der Waals surface area contributed by atoms with Crippen LogP contribution in [-0.2, 0) is 28.7 Å². The molecule has 196 valence electrons. The van der Waals surface area contributed by atoms with Gasteiger partial charge in [-0.3, -0.25) is 9.59 Å². The summed E-state index contributed by atoms with van der Waals surface area (Å²) >= 11 is 0. The zero-order valence-electron chi connectivity index (χ0n) is 21.1. The summed E-state index contributed by atoms with van der Waals surface area (Å²) < 4.78 is 15.7. The molecule has 0 aromatic heterocycles. The molecular formula is C28H32N2O7. The number of amides is 2. The van der Waals surface area contributed by atoms with Crippen LogP contribution in [0.3, 0.4) is 0 Å². The van der Waals surface area contributed by atoms with Gasteiger partial charge in [-0.05, 0) is 75.2 Å². The van der Waals surface area contributed by atoms with Gasteiger partial charge in [0.05, 0.1) is 13.2 Å². The number of hydrogen-bond donors (Lipinski definition) is 2. The lowest BCUT2D eigenvalue weighted by atomic mass is 10.2. The van der Waals surface area contributed by atoms with Gasteiger partial charge in [0.25, 0.3) is 0 Å². The summed E-state index contributed by atoms with van der Waals surface area (Å²) in [6.45, 7) is 10.4. The Bertz CT molecular complexity index is 1030. The number of rotatable bonds is 14. The van der Waals surface area contributed by atoms with Crippen molar-refractivity contribution in [2.45, 2.75) is 39.5 Å². The average Bonchev–Trinajstić information content (AvgIpc) is 2.86. The number of nitrogens with one attached hydrogen (secondary N) is 2. The first-order valence-electron chi connectivity index (χ1n) is 11.8. The summed E-state index contributed by atoms with van der Waals surface area (Å²) in [6, 6.07) is 13.8. The van der Waals surface area contributed by atoms with Crippen LogP contribution in [0.5, 0.6) is 11.5 Å². The van der Waals surface area contributed by atoms with E-state index in [1.807, 2.05) is 0 Å². The molecule has 2 rings (SSSR count). The number of hydrogen-bond acceptors (Lipinski definition) is 7. The number of esters is 2. The molecule has 0 aliphatic carbocycles. The molecule has 9 nitrogen and oxygen atoms in total. The predicted octanol–water partition coefficient (Wildman–Crippen LogP) is 5.15. The van der Waals surface area contributed by atoms with Crippen LogP contribution in [0, 0.1) is 0 Å².